The van der Waals surface area contributed by atoms with Gasteiger partial charge in [-0.15, -0.1) is 5.10 Å². The minimum Gasteiger partial charge on any atom is -0.384 e. The number of piperidine rings is 1. The molecule has 3 atom stereocenters. The van der Waals surface area contributed by atoms with Crippen molar-refractivity contribution in [1.29, 1.82) is 0 Å². The van der Waals surface area contributed by atoms with Crippen molar-refractivity contribution >= 4 is 22.4 Å². The Labute approximate surface area is 195 Å². The van der Waals surface area contributed by atoms with Gasteiger partial charge in [0.1, 0.15) is 11.4 Å². The van der Waals surface area contributed by atoms with E-state index in [-0.39, 0.29) is 17.8 Å². The summed E-state index contributed by atoms with van der Waals surface area (Å²) in [6, 6.07) is 5.07. The van der Waals surface area contributed by atoms with Crippen molar-refractivity contribution in [2.75, 3.05) is 23.3 Å². The van der Waals surface area contributed by atoms with Gasteiger partial charge in [-0.2, -0.15) is 13.9 Å². The summed E-state index contributed by atoms with van der Waals surface area (Å²) >= 11 is 0. The molecule has 3 aliphatic heterocycles. The third-order valence-electron chi connectivity index (χ3n) is 6.58. The quantitative estimate of drug-likeness (QED) is 0.556. The van der Waals surface area contributed by atoms with Crippen LogP contribution in [0.2, 0.25) is 0 Å². The van der Waals surface area contributed by atoms with Gasteiger partial charge in [0.05, 0.1) is 47.6 Å². The molecule has 6 rings (SSSR count). The lowest BCUT2D eigenvalue weighted by Crippen LogP contribution is -2.57. The summed E-state index contributed by atoms with van der Waals surface area (Å²) in [4.78, 5) is 6.64. The van der Waals surface area contributed by atoms with Crippen LogP contribution in [-0.4, -0.2) is 51.2 Å². The number of alkyl halides is 2. The Morgan fingerprint density at radius 1 is 1.21 bits per heavy atom. The van der Waals surface area contributed by atoms with Crippen LogP contribution in [0.3, 0.4) is 0 Å². The molecule has 34 heavy (non-hydrogen) atoms. The summed E-state index contributed by atoms with van der Waals surface area (Å²) in [5, 5.41) is 21.8. The van der Waals surface area contributed by atoms with Crippen LogP contribution in [-0.2, 0) is 10.7 Å². The average Bonchev–Trinajstić information content (AvgIpc) is 2.78. The van der Waals surface area contributed by atoms with Gasteiger partial charge in [0.2, 0.25) is 0 Å². The highest BCUT2D eigenvalue weighted by Crippen LogP contribution is 2.41. The minimum atomic E-state index is -3.77. The number of nitrogens with zero attached hydrogens (tertiary/aromatic N) is 4. The lowest BCUT2D eigenvalue weighted by molar-refractivity contribution is -0.170. The number of anilines is 2. The number of pyridine rings is 1. The fourth-order valence-corrected chi connectivity index (χ4v) is 4.56. The Balaban J connectivity index is 1.45. The van der Waals surface area contributed by atoms with Gasteiger partial charge in [0.15, 0.2) is 5.65 Å². The zero-order chi connectivity index (χ0) is 24.3. The number of fused-ring (bicyclic) bond motifs is 3. The van der Waals surface area contributed by atoms with Gasteiger partial charge in [-0.25, -0.2) is 9.37 Å². The van der Waals surface area contributed by atoms with Crippen LogP contribution >= 0.6 is 0 Å². The van der Waals surface area contributed by atoms with Gasteiger partial charge < -0.3 is 20.1 Å². The van der Waals surface area contributed by atoms with Gasteiger partial charge in [-0.3, -0.25) is 0 Å². The molecule has 1 aromatic carbocycles. The maximum atomic E-state index is 15.2. The lowest BCUT2D eigenvalue weighted by atomic mass is 9.91. The maximum absolute atomic E-state index is 15.2. The fraction of sp³-hybridized carbons (Fsp3) is 0.458. The van der Waals surface area contributed by atoms with E-state index in [0.29, 0.717) is 16.7 Å². The molecule has 0 amide bonds. The molecular formula is C24H26F3N5O2. The number of nitrogens with one attached hydrogen (secondary N) is 1. The smallest absolute Gasteiger partial charge is 0.303 e. The van der Waals surface area contributed by atoms with E-state index in [9.17, 15) is 13.9 Å². The molecule has 0 spiro atoms. The molecule has 0 aliphatic carbocycles. The molecule has 5 heterocycles. The number of hydrogen-bond donors (Lipinski definition) is 2. The Kier molecular flexibility index (Phi) is 5.40. The maximum Gasteiger partial charge on any atom is 0.303 e. The van der Waals surface area contributed by atoms with Crippen LogP contribution in [0, 0.1) is 5.82 Å². The zero-order valence-electron chi connectivity index (χ0n) is 19.1. The number of morpholine rings is 1. The fourth-order valence-electron chi connectivity index (χ4n) is 4.56. The van der Waals surface area contributed by atoms with E-state index in [1.54, 1.807) is 13.1 Å². The Bertz CT molecular complexity index is 1220. The van der Waals surface area contributed by atoms with Crippen LogP contribution in [0.25, 0.3) is 11.0 Å². The Hall–Kier alpha value is -2.98. The van der Waals surface area contributed by atoms with Crippen LogP contribution in [0.15, 0.2) is 36.7 Å². The van der Waals surface area contributed by atoms with E-state index in [1.165, 1.54) is 18.3 Å². The molecule has 3 aliphatic rings. The van der Waals surface area contributed by atoms with E-state index in [0.717, 1.165) is 45.1 Å². The van der Waals surface area contributed by atoms with Crippen LogP contribution in [0.5, 0.6) is 0 Å². The molecule has 3 fully saturated rings. The van der Waals surface area contributed by atoms with Crippen LogP contribution < -0.4 is 10.2 Å². The third kappa shape index (κ3) is 3.84. The Morgan fingerprint density at radius 3 is 2.59 bits per heavy atom. The van der Waals surface area contributed by atoms with Crippen molar-refractivity contribution in [2.24, 2.45) is 0 Å². The van der Waals surface area contributed by atoms with Crippen molar-refractivity contribution in [3.05, 3.63) is 53.6 Å². The third-order valence-corrected chi connectivity index (χ3v) is 6.58. The topological polar surface area (TPSA) is 83.4 Å². The summed E-state index contributed by atoms with van der Waals surface area (Å²) in [7, 11) is 0. The highest BCUT2D eigenvalue weighted by Gasteiger charge is 2.49. The summed E-state index contributed by atoms with van der Waals surface area (Å²) < 4.78 is 50.3. The van der Waals surface area contributed by atoms with Crippen molar-refractivity contribution < 1.29 is 23.0 Å². The summed E-state index contributed by atoms with van der Waals surface area (Å²) in [5.74, 6) is -4.83. The first kappa shape index (κ1) is 22.8. The standard InChI is InChI=1S/C24H26F3N5O2/c1-13(17-5-4-6-19(21(17)25)24(26,27)23(2,3)33)30-20-10-29-31-22-18(20)7-14(9-28-22)32-11-15-8-16(12-32)34-15/h4-7,9-10,13,15-16,33H,8,11-12H2,1-3H3,(H,28,30,31)/t13-,15?,16?/m1/s1. The molecule has 7 nitrogen and oxygen atoms in total. The molecule has 10 heteroatoms. The van der Waals surface area contributed by atoms with Crippen molar-refractivity contribution in [1.82, 2.24) is 15.2 Å². The lowest BCUT2D eigenvalue weighted by Gasteiger charge is -2.47. The van der Waals surface area contributed by atoms with E-state index in [4.69, 9.17) is 4.74 Å². The number of hydrogen-bond acceptors (Lipinski definition) is 7. The predicted octanol–water partition coefficient (Wildman–Crippen LogP) is 4.18. The van der Waals surface area contributed by atoms with Gasteiger partial charge in [0.25, 0.3) is 0 Å². The Morgan fingerprint density at radius 2 is 1.91 bits per heavy atom. The number of rotatable bonds is 6. The molecule has 2 unspecified atom stereocenters. The van der Waals surface area contributed by atoms with E-state index >= 15 is 4.39 Å². The molecule has 180 valence electrons. The summed E-state index contributed by atoms with van der Waals surface area (Å²) in [5.41, 5.74) is -1.32. The second kappa shape index (κ2) is 8.06. The van der Waals surface area contributed by atoms with Gasteiger partial charge >= 0.3 is 5.92 Å². The van der Waals surface area contributed by atoms with Crippen LogP contribution in [0.4, 0.5) is 24.5 Å². The molecule has 2 aromatic heterocycles. The molecule has 0 saturated carbocycles. The van der Waals surface area contributed by atoms with Gasteiger partial charge in [0, 0.05) is 30.5 Å². The molecular weight excluding hydrogens is 447 g/mol. The summed E-state index contributed by atoms with van der Waals surface area (Å²) in [6.07, 6.45) is 4.80. The zero-order valence-corrected chi connectivity index (χ0v) is 19.1. The molecule has 3 saturated heterocycles. The number of aliphatic hydroxyl groups is 1. The average molecular weight is 473 g/mol. The predicted molar refractivity (Wildman–Crippen MR) is 121 cm³/mol. The first-order chi connectivity index (χ1) is 16.0. The number of halogens is 3. The van der Waals surface area contributed by atoms with E-state index in [1.807, 2.05) is 6.07 Å². The highest BCUT2D eigenvalue weighted by molar-refractivity contribution is 5.90. The molecule has 3 aromatic rings. The number of benzene rings is 1. The van der Waals surface area contributed by atoms with E-state index in [2.05, 4.69) is 25.4 Å². The first-order valence-electron chi connectivity index (χ1n) is 11.2. The monoisotopic (exact) mass is 473 g/mol. The SMILES string of the molecule is C[C@@H](Nc1cnnc2ncc(N3CC4CC(C3)O4)cc12)c1cccc(C(F)(F)C(C)(C)O)c1F. The van der Waals surface area contributed by atoms with Gasteiger partial charge in [-0.05, 0) is 32.9 Å². The van der Waals surface area contributed by atoms with E-state index < -0.39 is 28.9 Å². The minimum absolute atomic E-state index is 0.0452. The second-order valence-electron chi connectivity index (χ2n) is 9.55. The van der Waals surface area contributed by atoms with Crippen LogP contribution in [0.1, 0.15) is 44.4 Å². The highest BCUT2D eigenvalue weighted by atomic mass is 19.3. The molecule has 2 bridgehead atoms. The number of ether oxygens (including phenoxy) is 1. The van der Waals surface area contributed by atoms with Gasteiger partial charge in [-0.1, -0.05) is 12.1 Å². The molecule has 0 radical (unpaired) electrons. The van der Waals surface area contributed by atoms with Crippen molar-refractivity contribution in [3.8, 4) is 0 Å². The largest absolute Gasteiger partial charge is 0.384 e. The second-order valence-corrected chi connectivity index (χ2v) is 9.55. The molecule has 2 N–H and O–H groups in total. The first-order valence-corrected chi connectivity index (χ1v) is 11.2. The normalized spacial score (nSPS) is 21.3. The summed E-state index contributed by atoms with van der Waals surface area (Å²) in [6.45, 7) is 5.16. The van der Waals surface area contributed by atoms with Crippen molar-refractivity contribution in [3.63, 3.8) is 0 Å². The van der Waals surface area contributed by atoms with Crippen molar-refractivity contribution in [2.45, 2.75) is 57.0 Å². The number of aromatic nitrogens is 3.